The molecular weight excluding hydrogens is 257 g/mol. The summed E-state index contributed by atoms with van der Waals surface area (Å²) in [5.41, 5.74) is 10.3. The molecule has 2 aromatic carbocycles. The van der Waals surface area contributed by atoms with Crippen molar-refractivity contribution in [1.82, 2.24) is 0 Å². The Morgan fingerprint density at radius 1 is 1.05 bits per heavy atom. The summed E-state index contributed by atoms with van der Waals surface area (Å²) >= 11 is 1.78. The van der Waals surface area contributed by atoms with E-state index in [9.17, 15) is 4.39 Å². The summed E-state index contributed by atoms with van der Waals surface area (Å²) in [6, 6.07) is 13.3. The Kier molecular flexibility index (Phi) is 5.00. The van der Waals surface area contributed by atoms with Gasteiger partial charge in [0.1, 0.15) is 5.82 Å². The van der Waals surface area contributed by atoms with Crippen LogP contribution in [0, 0.1) is 12.7 Å². The number of hydrogen-bond acceptors (Lipinski definition) is 2. The summed E-state index contributed by atoms with van der Waals surface area (Å²) in [5.74, 6) is 1.53. The van der Waals surface area contributed by atoms with Crippen molar-refractivity contribution in [3.8, 4) is 0 Å². The Morgan fingerprint density at radius 2 is 1.89 bits per heavy atom. The molecule has 0 radical (unpaired) electrons. The average Bonchev–Trinajstić information content (AvgIpc) is 2.39. The molecule has 0 heterocycles. The molecule has 0 fully saturated rings. The van der Waals surface area contributed by atoms with Crippen LogP contribution in [0.1, 0.15) is 22.3 Å². The monoisotopic (exact) mass is 275 g/mol. The highest BCUT2D eigenvalue weighted by molar-refractivity contribution is 7.97. The summed E-state index contributed by atoms with van der Waals surface area (Å²) in [6.07, 6.45) is 0. The highest BCUT2D eigenvalue weighted by Gasteiger charge is 2.03. The van der Waals surface area contributed by atoms with E-state index < -0.39 is 0 Å². The molecule has 0 aliphatic heterocycles. The summed E-state index contributed by atoms with van der Waals surface area (Å²) < 4.78 is 13.2. The highest BCUT2D eigenvalue weighted by Crippen LogP contribution is 2.21. The lowest BCUT2D eigenvalue weighted by Crippen LogP contribution is -2.01. The van der Waals surface area contributed by atoms with Crippen molar-refractivity contribution in [2.45, 2.75) is 25.0 Å². The van der Waals surface area contributed by atoms with Gasteiger partial charge in [0, 0.05) is 18.1 Å². The third-order valence-electron chi connectivity index (χ3n) is 3.00. The molecule has 2 N–H and O–H groups in total. The van der Waals surface area contributed by atoms with Gasteiger partial charge in [0.25, 0.3) is 0 Å². The molecule has 0 aliphatic rings. The van der Waals surface area contributed by atoms with E-state index in [0.29, 0.717) is 6.54 Å². The van der Waals surface area contributed by atoms with Crippen molar-refractivity contribution >= 4 is 11.8 Å². The summed E-state index contributed by atoms with van der Waals surface area (Å²) in [5, 5.41) is 0. The number of nitrogens with two attached hydrogens (primary N) is 1. The van der Waals surface area contributed by atoms with Gasteiger partial charge < -0.3 is 5.73 Å². The first-order valence-corrected chi connectivity index (χ1v) is 7.45. The maximum Gasteiger partial charge on any atom is 0.123 e. The van der Waals surface area contributed by atoms with E-state index in [1.807, 2.05) is 0 Å². The van der Waals surface area contributed by atoms with Crippen molar-refractivity contribution in [1.29, 1.82) is 0 Å². The smallest absolute Gasteiger partial charge is 0.123 e. The van der Waals surface area contributed by atoms with Gasteiger partial charge in [0.2, 0.25) is 0 Å². The Bertz CT molecular complexity index is 554. The SMILES string of the molecule is Cc1cccc(CSCc2cc(F)ccc2CN)c1. The number of rotatable bonds is 5. The Hall–Kier alpha value is -1.32. The minimum absolute atomic E-state index is 0.191. The fourth-order valence-electron chi connectivity index (χ4n) is 2.01. The van der Waals surface area contributed by atoms with Crippen molar-refractivity contribution in [3.05, 3.63) is 70.5 Å². The Labute approximate surface area is 118 Å². The van der Waals surface area contributed by atoms with Crippen LogP contribution in [0.15, 0.2) is 42.5 Å². The second-order valence-corrected chi connectivity index (χ2v) is 5.58. The first-order valence-electron chi connectivity index (χ1n) is 6.29. The summed E-state index contributed by atoms with van der Waals surface area (Å²) in [7, 11) is 0. The average molecular weight is 275 g/mol. The van der Waals surface area contributed by atoms with Gasteiger partial charge in [0.05, 0.1) is 0 Å². The molecule has 19 heavy (non-hydrogen) atoms. The molecule has 2 rings (SSSR count). The van der Waals surface area contributed by atoms with Crippen LogP contribution in [0.5, 0.6) is 0 Å². The Balaban J connectivity index is 1.97. The molecule has 0 saturated heterocycles. The largest absolute Gasteiger partial charge is 0.326 e. The third-order valence-corrected chi connectivity index (χ3v) is 4.05. The summed E-state index contributed by atoms with van der Waals surface area (Å²) in [4.78, 5) is 0. The molecule has 0 atom stereocenters. The predicted octanol–water partition coefficient (Wildman–Crippen LogP) is 4.03. The molecule has 0 amide bonds. The molecule has 2 aromatic rings. The van der Waals surface area contributed by atoms with Gasteiger partial charge in [0.15, 0.2) is 0 Å². The normalized spacial score (nSPS) is 10.7. The van der Waals surface area contributed by atoms with E-state index in [2.05, 4.69) is 31.2 Å². The minimum Gasteiger partial charge on any atom is -0.326 e. The van der Waals surface area contributed by atoms with Gasteiger partial charge >= 0.3 is 0 Å². The molecule has 0 unspecified atom stereocenters. The maximum absolute atomic E-state index is 13.2. The number of halogens is 1. The number of benzene rings is 2. The van der Waals surface area contributed by atoms with E-state index in [1.54, 1.807) is 23.9 Å². The molecule has 0 spiro atoms. The Morgan fingerprint density at radius 3 is 2.63 bits per heavy atom. The molecule has 3 heteroatoms. The van der Waals surface area contributed by atoms with Gasteiger partial charge in [-0.25, -0.2) is 4.39 Å². The number of hydrogen-bond donors (Lipinski definition) is 1. The van der Waals surface area contributed by atoms with Crippen molar-refractivity contribution in [2.24, 2.45) is 5.73 Å². The van der Waals surface area contributed by atoms with Crippen LogP contribution < -0.4 is 5.73 Å². The van der Waals surface area contributed by atoms with E-state index >= 15 is 0 Å². The van der Waals surface area contributed by atoms with E-state index in [1.165, 1.54) is 17.2 Å². The van der Waals surface area contributed by atoms with E-state index in [-0.39, 0.29) is 5.82 Å². The first kappa shape index (κ1) is 14.1. The van der Waals surface area contributed by atoms with Crippen LogP contribution in [0.3, 0.4) is 0 Å². The zero-order chi connectivity index (χ0) is 13.7. The quantitative estimate of drug-likeness (QED) is 0.891. The van der Waals surface area contributed by atoms with Gasteiger partial charge in [-0.05, 0) is 35.7 Å². The lowest BCUT2D eigenvalue weighted by Gasteiger charge is -2.08. The minimum atomic E-state index is -0.191. The maximum atomic E-state index is 13.2. The standard InChI is InChI=1S/C16H18FNS/c1-12-3-2-4-13(7-12)10-19-11-15-8-16(17)6-5-14(15)9-18/h2-8H,9-11,18H2,1H3. The van der Waals surface area contributed by atoms with Gasteiger partial charge in [-0.3, -0.25) is 0 Å². The number of thioether (sulfide) groups is 1. The third kappa shape index (κ3) is 4.08. The fourth-order valence-corrected chi connectivity index (χ4v) is 3.01. The molecule has 0 aliphatic carbocycles. The van der Waals surface area contributed by atoms with Crippen LogP contribution in [-0.4, -0.2) is 0 Å². The van der Waals surface area contributed by atoms with Crippen molar-refractivity contribution in [3.63, 3.8) is 0 Å². The second-order valence-electron chi connectivity index (χ2n) is 4.60. The van der Waals surface area contributed by atoms with Crippen LogP contribution >= 0.6 is 11.8 Å². The zero-order valence-electron chi connectivity index (χ0n) is 11.0. The van der Waals surface area contributed by atoms with Crippen LogP contribution in [0.25, 0.3) is 0 Å². The first-order chi connectivity index (χ1) is 9.19. The van der Waals surface area contributed by atoms with E-state index in [0.717, 1.165) is 22.6 Å². The lowest BCUT2D eigenvalue weighted by molar-refractivity contribution is 0.625. The molecule has 1 nitrogen and oxygen atoms in total. The van der Waals surface area contributed by atoms with Gasteiger partial charge in [-0.15, -0.1) is 0 Å². The molecular formula is C16H18FNS. The summed E-state index contributed by atoms with van der Waals surface area (Å²) in [6.45, 7) is 2.55. The van der Waals surface area contributed by atoms with Crippen molar-refractivity contribution < 1.29 is 4.39 Å². The van der Waals surface area contributed by atoms with E-state index in [4.69, 9.17) is 5.73 Å². The van der Waals surface area contributed by atoms with Crippen LogP contribution in [0.4, 0.5) is 4.39 Å². The molecule has 0 aromatic heterocycles. The molecule has 0 saturated carbocycles. The second kappa shape index (κ2) is 6.73. The highest BCUT2D eigenvalue weighted by atomic mass is 32.2. The fraction of sp³-hybridized carbons (Fsp3) is 0.250. The van der Waals surface area contributed by atoms with Gasteiger partial charge in [-0.1, -0.05) is 35.9 Å². The molecule has 0 bridgehead atoms. The van der Waals surface area contributed by atoms with Crippen LogP contribution in [0.2, 0.25) is 0 Å². The lowest BCUT2D eigenvalue weighted by atomic mass is 10.1. The van der Waals surface area contributed by atoms with Gasteiger partial charge in [-0.2, -0.15) is 11.8 Å². The van der Waals surface area contributed by atoms with Crippen LogP contribution in [-0.2, 0) is 18.1 Å². The predicted molar refractivity (Wildman–Crippen MR) is 80.5 cm³/mol. The number of aryl methyl sites for hydroxylation is 1. The topological polar surface area (TPSA) is 26.0 Å². The van der Waals surface area contributed by atoms with Crippen molar-refractivity contribution in [2.75, 3.05) is 0 Å². The zero-order valence-corrected chi connectivity index (χ0v) is 11.8. The molecule has 100 valence electrons.